The first kappa shape index (κ1) is 17.0. The second-order valence-corrected chi connectivity index (χ2v) is 5.08. The van der Waals surface area contributed by atoms with Gasteiger partial charge in [-0.05, 0) is 36.6 Å². The quantitative estimate of drug-likeness (QED) is 0.848. The molecule has 2 N–H and O–H groups in total. The van der Waals surface area contributed by atoms with Crippen molar-refractivity contribution in [1.82, 2.24) is 5.32 Å². The van der Waals surface area contributed by atoms with Crippen LogP contribution in [0.3, 0.4) is 0 Å². The average Bonchev–Trinajstić information content (AvgIpc) is 2.37. The molecule has 0 fully saturated rings. The van der Waals surface area contributed by atoms with Crippen LogP contribution in [0.25, 0.3) is 0 Å². The van der Waals surface area contributed by atoms with Crippen molar-refractivity contribution in [3.05, 3.63) is 35.6 Å². The van der Waals surface area contributed by atoms with Crippen LogP contribution in [0.1, 0.15) is 25.8 Å². The first-order valence-corrected chi connectivity index (χ1v) is 6.32. The van der Waals surface area contributed by atoms with Gasteiger partial charge in [0.05, 0.1) is 0 Å². The van der Waals surface area contributed by atoms with Crippen LogP contribution >= 0.6 is 0 Å². The van der Waals surface area contributed by atoms with Crippen LogP contribution in [0.5, 0.6) is 0 Å². The minimum absolute atomic E-state index is 0.0283. The van der Waals surface area contributed by atoms with Crippen LogP contribution < -0.4 is 5.32 Å². The standard InChI is InChI=1S/C14H16F3NO3/c1-8(2)7-11(12(19)20)18-13(21)14(16,17)9-3-5-10(15)6-4-9/h3-6,8,11H,7H2,1-2H3,(H,18,21)(H,19,20)/t11-/m1/s1. The molecule has 1 aromatic rings. The van der Waals surface area contributed by atoms with E-state index < -0.39 is 35.2 Å². The van der Waals surface area contributed by atoms with E-state index in [-0.39, 0.29) is 12.3 Å². The van der Waals surface area contributed by atoms with Gasteiger partial charge in [-0.25, -0.2) is 9.18 Å². The molecule has 0 aromatic heterocycles. The molecule has 0 radical (unpaired) electrons. The molecular formula is C14H16F3NO3. The minimum Gasteiger partial charge on any atom is -0.480 e. The highest BCUT2D eigenvalue weighted by molar-refractivity contribution is 5.88. The summed E-state index contributed by atoms with van der Waals surface area (Å²) in [5, 5.41) is 10.8. The van der Waals surface area contributed by atoms with Crippen molar-refractivity contribution in [1.29, 1.82) is 0 Å². The van der Waals surface area contributed by atoms with Gasteiger partial charge in [-0.3, -0.25) is 4.79 Å². The number of amides is 1. The molecular weight excluding hydrogens is 287 g/mol. The van der Waals surface area contributed by atoms with E-state index in [4.69, 9.17) is 5.11 Å². The number of carboxylic acid groups (broad SMARTS) is 1. The summed E-state index contributed by atoms with van der Waals surface area (Å²) in [5.74, 6) is -7.84. The van der Waals surface area contributed by atoms with Gasteiger partial charge < -0.3 is 10.4 Å². The van der Waals surface area contributed by atoms with Crippen LogP contribution in [-0.2, 0) is 15.5 Å². The number of carboxylic acids is 1. The Morgan fingerprint density at radius 1 is 1.24 bits per heavy atom. The monoisotopic (exact) mass is 303 g/mol. The maximum atomic E-state index is 13.9. The molecule has 0 bridgehead atoms. The third kappa shape index (κ3) is 4.47. The summed E-state index contributed by atoms with van der Waals surface area (Å²) in [7, 11) is 0. The molecule has 7 heteroatoms. The fraction of sp³-hybridized carbons (Fsp3) is 0.429. The molecule has 1 atom stereocenters. The molecule has 1 amide bonds. The Kier molecular flexibility index (Phi) is 5.34. The normalized spacial score (nSPS) is 13.0. The number of alkyl halides is 2. The topological polar surface area (TPSA) is 66.4 Å². The van der Waals surface area contributed by atoms with Gasteiger partial charge in [0.2, 0.25) is 0 Å². The molecule has 4 nitrogen and oxygen atoms in total. The lowest BCUT2D eigenvalue weighted by atomic mass is 10.0. The Balaban J connectivity index is 2.89. The van der Waals surface area contributed by atoms with Gasteiger partial charge in [0.25, 0.3) is 5.91 Å². The maximum absolute atomic E-state index is 13.9. The van der Waals surface area contributed by atoms with Crippen molar-refractivity contribution >= 4 is 11.9 Å². The molecule has 0 spiro atoms. The van der Waals surface area contributed by atoms with E-state index in [0.717, 1.165) is 24.3 Å². The van der Waals surface area contributed by atoms with E-state index in [0.29, 0.717) is 0 Å². The largest absolute Gasteiger partial charge is 0.480 e. The first-order valence-electron chi connectivity index (χ1n) is 6.32. The molecule has 1 aromatic carbocycles. The lowest BCUT2D eigenvalue weighted by Crippen LogP contribution is -2.47. The number of hydrogen-bond acceptors (Lipinski definition) is 2. The molecule has 0 saturated heterocycles. The fourth-order valence-corrected chi connectivity index (χ4v) is 1.73. The predicted octanol–water partition coefficient (Wildman–Crippen LogP) is 2.53. The summed E-state index contributed by atoms with van der Waals surface area (Å²) < 4.78 is 40.5. The summed E-state index contributed by atoms with van der Waals surface area (Å²) in [5.41, 5.74) is -0.699. The number of carbonyl (C=O) groups excluding carboxylic acids is 1. The number of benzene rings is 1. The second kappa shape index (κ2) is 6.60. The SMILES string of the molecule is CC(C)C[C@@H](NC(=O)C(F)(F)c1ccc(F)cc1)C(=O)O. The number of aliphatic carboxylic acids is 1. The molecule has 0 aliphatic carbocycles. The highest BCUT2D eigenvalue weighted by Crippen LogP contribution is 2.28. The van der Waals surface area contributed by atoms with Crippen molar-refractivity contribution in [2.75, 3.05) is 0 Å². The van der Waals surface area contributed by atoms with Gasteiger partial charge in [0.15, 0.2) is 0 Å². The van der Waals surface area contributed by atoms with Crippen molar-refractivity contribution < 1.29 is 27.9 Å². The van der Waals surface area contributed by atoms with Crippen molar-refractivity contribution in [2.24, 2.45) is 5.92 Å². The summed E-state index contributed by atoms with van der Waals surface area (Å²) in [6.07, 6.45) is 0.0283. The smallest absolute Gasteiger partial charge is 0.349 e. The summed E-state index contributed by atoms with van der Waals surface area (Å²) in [6, 6.07) is 1.78. The molecule has 0 saturated carbocycles. The lowest BCUT2D eigenvalue weighted by Gasteiger charge is -2.21. The molecule has 0 heterocycles. The fourth-order valence-electron chi connectivity index (χ4n) is 1.73. The van der Waals surface area contributed by atoms with E-state index in [1.165, 1.54) is 0 Å². The van der Waals surface area contributed by atoms with Crippen molar-refractivity contribution in [3.8, 4) is 0 Å². The Morgan fingerprint density at radius 2 is 1.76 bits per heavy atom. The molecule has 0 unspecified atom stereocenters. The first-order chi connectivity index (χ1) is 9.64. The molecule has 21 heavy (non-hydrogen) atoms. The summed E-state index contributed by atoms with van der Waals surface area (Å²) >= 11 is 0. The Labute approximate surface area is 120 Å². The Hall–Kier alpha value is -2.05. The van der Waals surface area contributed by atoms with Gasteiger partial charge in [-0.1, -0.05) is 13.8 Å². The van der Waals surface area contributed by atoms with E-state index in [9.17, 15) is 22.8 Å². The zero-order valence-corrected chi connectivity index (χ0v) is 11.6. The van der Waals surface area contributed by atoms with Crippen LogP contribution in [0.2, 0.25) is 0 Å². The highest BCUT2D eigenvalue weighted by Gasteiger charge is 2.42. The van der Waals surface area contributed by atoms with E-state index in [2.05, 4.69) is 0 Å². The summed E-state index contributed by atoms with van der Waals surface area (Å²) in [6.45, 7) is 3.42. The second-order valence-electron chi connectivity index (χ2n) is 5.08. The van der Waals surface area contributed by atoms with Gasteiger partial charge in [-0.2, -0.15) is 8.78 Å². The highest BCUT2D eigenvalue weighted by atomic mass is 19.3. The molecule has 0 aliphatic heterocycles. The van der Waals surface area contributed by atoms with Gasteiger partial charge in [-0.15, -0.1) is 0 Å². The third-order valence-electron chi connectivity index (χ3n) is 2.80. The number of halogens is 3. The van der Waals surface area contributed by atoms with Crippen LogP contribution in [0.15, 0.2) is 24.3 Å². The molecule has 116 valence electrons. The van der Waals surface area contributed by atoms with E-state index in [1.807, 2.05) is 5.32 Å². The lowest BCUT2D eigenvalue weighted by molar-refractivity contribution is -0.152. The Bertz CT molecular complexity index is 515. The zero-order chi connectivity index (χ0) is 16.2. The van der Waals surface area contributed by atoms with Crippen LogP contribution in [-0.4, -0.2) is 23.0 Å². The third-order valence-corrected chi connectivity index (χ3v) is 2.80. The van der Waals surface area contributed by atoms with Crippen LogP contribution in [0, 0.1) is 11.7 Å². The predicted molar refractivity (Wildman–Crippen MR) is 69.3 cm³/mol. The average molecular weight is 303 g/mol. The van der Waals surface area contributed by atoms with Crippen LogP contribution in [0.4, 0.5) is 13.2 Å². The van der Waals surface area contributed by atoms with E-state index in [1.54, 1.807) is 13.8 Å². The van der Waals surface area contributed by atoms with E-state index >= 15 is 0 Å². The van der Waals surface area contributed by atoms with Gasteiger partial charge in [0.1, 0.15) is 11.9 Å². The van der Waals surface area contributed by atoms with Crippen molar-refractivity contribution in [3.63, 3.8) is 0 Å². The number of carbonyl (C=O) groups is 2. The number of nitrogens with one attached hydrogen (secondary N) is 1. The zero-order valence-electron chi connectivity index (χ0n) is 11.6. The maximum Gasteiger partial charge on any atom is 0.349 e. The number of rotatable bonds is 6. The molecule has 1 rings (SSSR count). The van der Waals surface area contributed by atoms with Crippen molar-refractivity contribution in [2.45, 2.75) is 32.2 Å². The van der Waals surface area contributed by atoms with Gasteiger partial charge >= 0.3 is 11.9 Å². The Morgan fingerprint density at radius 3 is 2.19 bits per heavy atom. The number of hydrogen-bond donors (Lipinski definition) is 2. The molecule has 0 aliphatic rings. The van der Waals surface area contributed by atoms with Gasteiger partial charge in [0, 0.05) is 5.56 Å². The minimum atomic E-state index is -3.93. The summed E-state index contributed by atoms with van der Waals surface area (Å²) in [4.78, 5) is 22.6.